The first-order valence-corrected chi connectivity index (χ1v) is 5.20. The van der Waals surface area contributed by atoms with Gasteiger partial charge in [0.15, 0.2) is 0 Å². The summed E-state index contributed by atoms with van der Waals surface area (Å²) < 4.78 is 11.2. The van der Waals surface area contributed by atoms with Gasteiger partial charge in [0.05, 0.1) is 11.7 Å². The van der Waals surface area contributed by atoms with Crippen LogP contribution in [0.3, 0.4) is 0 Å². The van der Waals surface area contributed by atoms with Gasteiger partial charge in [-0.05, 0) is 37.0 Å². The van der Waals surface area contributed by atoms with Gasteiger partial charge in [0.2, 0.25) is 0 Å². The van der Waals surface area contributed by atoms with Crippen molar-refractivity contribution in [3.63, 3.8) is 0 Å². The lowest BCUT2D eigenvalue weighted by Crippen LogP contribution is -2.65. The van der Waals surface area contributed by atoms with E-state index in [1.54, 1.807) is 7.69 Å². The Bertz CT molecular complexity index is 253. The summed E-state index contributed by atoms with van der Waals surface area (Å²) in [6.45, 7) is 6.95. The molecule has 4 rings (SSSR count). The molecule has 13 heavy (non-hydrogen) atoms. The summed E-state index contributed by atoms with van der Waals surface area (Å²) in [5, 5.41) is 0. The Labute approximate surface area is 80.3 Å². The summed E-state index contributed by atoms with van der Waals surface area (Å²) in [6.07, 6.45) is 2.83. The normalized spacial score (nSPS) is 56.4. The van der Waals surface area contributed by atoms with Gasteiger partial charge in [-0.1, -0.05) is 13.8 Å². The lowest BCUT2D eigenvalue weighted by atomic mass is 9.43. The summed E-state index contributed by atoms with van der Waals surface area (Å²) in [5.74, 6) is 1.54. The molecule has 3 aliphatic carbocycles. The molecule has 1 aliphatic heterocycles. The molecule has 1 heterocycles. The molecule has 0 spiro atoms. The number of hydrogen-bond acceptors (Lipinski definition) is 2. The maximum absolute atomic E-state index is 5.68. The minimum absolute atomic E-state index is 0.0295. The van der Waals surface area contributed by atoms with Crippen molar-refractivity contribution in [2.24, 2.45) is 17.3 Å². The fraction of sp³-hybridized carbons (Fsp3) is 1.00. The van der Waals surface area contributed by atoms with E-state index in [0.29, 0.717) is 17.4 Å². The van der Waals surface area contributed by atoms with Gasteiger partial charge in [-0.3, -0.25) is 0 Å². The Morgan fingerprint density at radius 1 is 1.23 bits per heavy atom. The third kappa shape index (κ3) is 0.786. The third-order valence-corrected chi connectivity index (χ3v) is 4.82. The first kappa shape index (κ1) is 8.31. The molecule has 4 atom stereocenters. The molecule has 0 amide bonds. The van der Waals surface area contributed by atoms with Gasteiger partial charge >= 0.3 is 7.69 Å². The molecule has 0 unspecified atom stereocenters. The topological polar surface area (TPSA) is 18.5 Å². The summed E-state index contributed by atoms with van der Waals surface area (Å²) in [5.41, 5.74) is 0.436. The van der Waals surface area contributed by atoms with Crippen LogP contribution in [0.5, 0.6) is 0 Å². The molecule has 4 aliphatic rings. The molecule has 2 bridgehead atoms. The zero-order chi connectivity index (χ0) is 9.27. The van der Waals surface area contributed by atoms with Gasteiger partial charge in [0, 0.05) is 0 Å². The van der Waals surface area contributed by atoms with E-state index >= 15 is 0 Å². The first-order valence-electron chi connectivity index (χ1n) is 5.20. The molecule has 3 heteroatoms. The van der Waals surface area contributed by atoms with E-state index in [-0.39, 0.29) is 5.60 Å². The number of rotatable bonds is 0. The summed E-state index contributed by atoms with van der Waals surface area (Å²) in [7, 11) is 1.56. The Kier molecular flexibility index (Phi) is 1.37. The lowest BCUT2D eigenvalue weighted by molar-refractivity contribution is -0.199. The molecular weight excluding hydrogens is 163 g/mol. The molecule has 0 aromatic carbocycles. The molecule has 1 radical (unpaired) electrons. The zero-order valence-corrected chi connectivity index (χ0v) is 8.54. The van der Waals surface area contributed by atoms with Crippen LogP contribution in [0.25, 0.3) is 0 Å². The van der Waals surface area contributed by atoms with Crippen LogP contribution in [0.15, 0.2) is 0 Å². The van der Waals surface area contributed by atoms with E-state index in [1.807, 2.05) is 0 Å². The summed E-state index contributed by atoms with van der Waals surface area (Å²) in [4.78, 5) is 0. The maximum Gasteiger partial charge on any atom is 0.488 e. The Balaban J connectivity index is 1.97. The average Bonchev–Trinajstić information content (AvgIpc) is 2.44. The number of hydrogen-bond donors (Lipinski definition) is 0. The van der Waals surface area contributed by atoms with E-state index in [2.05, 4.69) is 20.8 Å². The lowest BCUT2D eigenvalue weighted by Gasteiger charge is -2.64. The Morgan fingerprint density at radius 2 is 2.00 bits per heavy atom. The van der Waals surface area contributed by atoms with Gasteiger partial charge in [-0.25, -0.2) is 0 Å². The first-order chi connectivity index (χ1) is 6.05. The largest absolute Gasteiger partial charge is 0.488 e. The van der Waals surface area contributed by atoms with Gasteiger partial charge in [-0.2, -0.15) is 0 Å². The molecule has 0 aromatic rings. The Morgan fingerprint density at radius 3 is 2.69 bits per heavy atom. The quantitative estimate of drug-likeness (QED) is 0.527. The van der Waals surface area contributed by atoms with Crippen molar-refractivity contribution in [1.82, 2.24) is 0 Å². The van der Waals surface area contributed by atoms with Gasteiger partial charge in [0.1, 0.15) is 0 Å². The van der Waals surface area contributed by atoms with E-state index in [0.717, 1.165) is 5.92 Å². The molecule has 4 fully saturated rings. The molecule has 1 saturated heterocycles. The van der Waals surface area contributed by atoms with Crippen molar-refractivity contribution >= 4 is 7.69 Å². The van der Waals surface area contributed by atoms with Crippen LogP contribution in [0.2, 0.25) is 0 Å². The van der Waals surface area contributed by atoms with Crippen LogP contribution in [0.4, 0.5) is 0 Å². The zero-order valence-electron chi connectivity index (χ0n) is 8.54. The van der Waals surface area contributed by atoms with Crippen LogP contribution in [-0.4, -0.2) is 19.4 Å². The summed E-state index contributed by atoms with van der Waals surface area (Å²) in [6, 6.07) is 0. The molecule has 3 saturated carbocycles. The predicted molar refractivity (Wildman–Crippen MR) is 50.1 cm³/mol. The second-order valence-corrected chi connectivity index (χ2v) is 5.56. The maximum atomic E-state index is 5.68. The van der Waals surface area contributed by atoms with Crippen molar-refractivity contribution in [2.45, 2.75) is 45.3 Å². The van der Waals surface area contributed by atoms with Crippen molar-refractivity contribution < 1.29 is 9.31 Å². The van der Waals surface area contributed by atoms with Crippen molar-refractivity contribution in [2.75, 3.05) is 0 Å². The van der Waals surface area contributed by atoms with E-state index in [1.165, 1.54) is 12.8 Å². The molecule has 0 N–H and O–H groups in total. The Hall–Kier alpha value is -0.0151. The SMILES string of the molecule is CC1(C)[C@@H]2C[C@@H]3O[B]O[C@@]3(C)[C@H]1C2. The van der Waals surface area contributed by atoms with Crippen LogP contribution in [0.1, 0.15) is 33.6 Å². The molecular formula is C10H16BO2. The third-order valence-electron chi connectivity index (χ3n) is 4.82. The standard InChI is InChI=1S/C10H16BO2/c1-9(2)6-4-7(9)10(3)8(5-6)12-11-13-10/h6-8H,4-5H2,1-3H3/t6-,7-,8-,10-/m0/s1. The second-order valence-electron chi connectivity index (χ2n) is 5.56. The van der Waals surface area contributed by atoms with Crippen molar-refractivity contribution in [3.8, 4) is 0 Å². The average molecular weight is 179 g/mol. The minimum atomic E-state index is -0.0295. The summed E-state index contributed by atoms with van der Waals surface area (Å²) >= 11 is 0. The molecule has 71 valence electrons. The van der Waals surface area contributed by atoms with Crippen molar-refractivity contribution in [3.05, 3.63) is 0 Å². The van der Waals surface area contributed by atoms with Crippen LogP contribution >= 0.6 is 0 Å². The van der Waals surface area contributed by atoms with Crippen LogP contribution in [-0.2, 0) is 9.31 Å². The second kappa shape index (κ2) is 2.14. The minimum Gasteiger partial charge on any atom is -0.407 e. The smallest absolute Gasteiger partial charge is 0.407 e. The monoisotopic (exact) mass is 179 g/mol. The van der Waals surface area contributed by atoms with Gasteiger partial charge in [0.25, 0.3) is 0 Å². The highest BCUT2D eigenvalue weighted by Crippen LogP contribution is 2.65. The van der Waals surface area contributed by atoms with Gasteiger partial charge in [-0.15, -0.1) is 0 Å². The van der Waals surface area contributed by atoms with Gasteiger partial charge < -0.3 is 9.31 Å². The van der Waals surface area contributed by atoms with E-state index < -0.39 is 0 Å². The van der Waals surface area contributed by atoms with E-state index in [9.17, 15) is 0 Å². The predicted octanol–water partition coefficient (Wildman–Crippen LogP) is 1.76. The highest BCUT2D eigenvalue weighted by Gasteiger charge is 2.65. The fourth-order valence-electron chi connectivity index (χ4n) is 3.65. The van der Waals surface area contributed by atoms with E-state index in [4.69, 9.17) is 9.31 Å². The molecule has 0 aromatic heterocycles. The van der Waals surface area contributed by atoms with Crippen LogP contribution in [0, 0.1) is 17.3 Å². The highest BCUT2D eigenvalue weighted by molar-refractivity contribution is 6.19. The van der Waals surface area contributed by atoms with Crippen molar-refractivity contribution in [1.29, 1.82) is 0 Å². The highest BCUT2D eigenvalue weighted by atomic mass is 16.6. The molecule has 2 nitrogen and oxygen atoms in total. The fourth-order valence-corrected chi connectivity index (χ4v) is 3.65. The van der Waals surface area contributed by atoms with Crippen LogP contribution < -0.4 is 0 Å².